The Balaban J connectivity index is 1.78. The van der Waals surface area contributed by atoms with Crippen LogP contribution >= 0.6 is 0 Å². The van der Waals surface area contributed by atoms with Crippen LogP contribution in [0.2, 0.25) is 0 Å². The van der Waals surface area contributed by atoms with Gasteiger partial charge in [-0.15, -0.1) is 0 Å². The predicted molar refractivity (Wildman–Crippen MR) is 103 cm³/mol. The van der Waals surface area contributed by atoms with Crippen LogP contribution in [-0.4, -0.2) is 11.9 Å². The fourth-order valence-electron chi connectivity index (χ4n) is 2.50. The smallest absolute Gasteiger partial charge is 0.343 e. The van der Waals surface area contributed by atoms with Gasteiger partial charge >= 0.3 is 11.9 Å². The molecule has 0 aromatic heterocycles. The molecule has 0 bridgehead atoms. The molecule has 3 aromatic carbocycles. The Bertz CT molecular complexity index is 937. The van der Waals surface area contributed by atoms with Crippen LogP contribution in [0.5, 0.6) is 11.5 Å². The monoisotopic (exact) mass is 362 g/mol. The molecule has 0 heterocycles. The summed E-state index contributed by atoms with van der Waals surface area (Å²) >= 11 is 0. The molecule has 0 saturated carbocycles. The largest absolute Gasteiger partial charge is 0.423 e. The summed E-state index contributed by atoms with van der Waals surface area (Å²) in [4.78, 5) is 24.5. The lowest BCUT2D eigenvalue weighted by Crippen LogP contribution is -2.11. The van der Waals surface area contributed by atoms with Gasteiger partial charge < -0.3 is 20.9 Å². The zero-order valence-corrected chi connectivity index (χ0v) is 14.6. The summed E-state index contributed by atoms with van der Waals surface area (Å²) in [5.74, 6) is -0.586. The molecule has 0 aliphatic carbocycles. The highest BCUT2D eigenvalue weighted by Gasteiger charge is 2.13. The fourth-order valence-corrected chi connectivity index (χ4v) is 2.50. The van der Waals surface area contributed by atoms with Gasteiger partial charge in [-0.1, -0.05) is 12.1 Å². The Morgan fingerprint density at radius 2 is 1.15 bits per heavy atom. The molecule has 0 spiro atoms. The number of carbonyl (C=O) groups excluding carboxylic acids is 2. The van der Waals surface area contributed by atoms with Crippen LogP contribution in [0.3, 0.4) is 0 Å². The van der Waals surface area contributed by atoms with E-state index < -0.39 is 11.9 Å². The second-order valence-corrected chi connectivity index (χ2v) is 6.01. The van der Waals surface area contributed by atoms with E-state index in [-0.39, 0.29) is 11.5 Å². The minimum Gasteiger partial charge on any atom is -0.423 e. The van der Waals surface area contributed by atoms with E-state index in [1.807, 2.05) is 0 Å². The van der Waals surface area contributed by atoms with Crippen LogP contribution in [0.25, 0.3) is 0 Å². The van der Waals surface area contributed by atoms with Gasteiger partial charge in [-0.05, 0) is 61.0 Å². The third-order valence-electron chi connectivity index (χ3n) is 3.69. The third-order valence-corrected chi connectivity index (χ3v) is 3.69. The number of benzene rings is 3. The lowest BCUT2D eigenvalue weighted by Gasteiger charge is -2.10. The average Bonchev–Trinajstić information content (AvgIpc) is 2.61. The Morgan fingerprint density at radius 3 is 1.56 bits per heavy atom. The van der Waals surface area contributed by atoms with Crippen LogP contribution in [-0.2, 0) is 0 Å². The minimum absolute atomic E-state index is 0.262. The van der Waals surface area contributed by atoms with E-state index in [4.69, 9.17) is 20.9 Å². The van der Waals surface area contributed by atoms with Crippen molar-refractivity contribution in [3.05, 3.63) is 83.4 Å². The third kappa shape index (κ3) is 4.64. The van der Waals surface area contributed by atoms with E-state index in [1.165, 1.54) is 18.2 Å². The second kappa shape index (κ2) is 7.61. The lowest BCUT2D eigenvalue weighted by molar-refractivity contribution is 0.0733. The summed E-state index contributed by atoms with van der Waals surface area (Å²) in [5, 5.41) is 0. The number of ether oxygens (including phenoxy) is 2. The molecule has 0 atom stereocenters. The van der Waals surface area contributed by atoms with Crippen LogP contribution < -0.4 is 20.9 Å². The molecule has 0 unspecified atom stereocenters. The summed E-state index contributed by atoms with van der Waals surface area (Å²) in [6.45, 7) is 1.80. The quantitative estimate of drug-likeness (QED) is 0.417. The molecule has 0 radical (unpaired) electrons. The molecule has 0 fully saturated rings. The molecule has 27 heavy (non-hydrogen) atoms. The number of nitrogens with two attached hydrogens (primary N) is 2. The van der Waals surface area contributed by atoms with Gasteiger partial charge in [0.15, 0.2) is 0 Å². The molecule has 0 aliphatic rings. The molecule has 3 rings (SSSR count). The highest BCUT2D eigenvalue weighted by atomic mass is 16.5. The van der Waals surface area contributed by atoms with Crippen molar-refractivity contribution in [1.29, 1.82) is 0 Å². The number of esters is 2. The second-order valence-electron chi connectivity index (χ2n) is 6.01. The summed E-state index contributed by atoms with van der Waals surface area (Å²) in [6, 6.07) is 17.8. The summed E-state index contributed by atoms with van der Waals surface area (Å²) in [5.41, 5.74) is 13.7. The van der Waals surface area contributed by atoms with Gasteiger partial charge in [-0.3, -0.25) is 0 Å². The molecule has 0 aliphatic heterocycles. The number of aryl methyl sites for hydroxylation is 1. The summed E-state index contributed by atoms with van der Waals surface area (Å²) < 4.78 is 10.8. The lowest BCUT2D eigenvalue weighted by atomic mass is 10.2. The summed E-state index contributed by atoms with van der Waals surface area (Å²) in [6.07, 6.45) is 0. The first-order chi connectivity index (χ1) is 12.9. The fraction of sp³-hybridized carbons (Fsp3) is 0.0476. The number of carbonyl (C=O) groups is 2. The number of nitrogen functional groups attached to an aromatic ring is 2. The van der Waals surface area contributed by atoms with Crippen molar-refractivity contribution >= 4 is 23.3 Å². The van der Waals surface area contributed by atoms with Crippen LogP contribution in [0.4, 0.5) is 11.4 Å². The van der Waals surface area contributed by atoms with Crippen molar-refractivity contribution in [3.63, 3.8) is 0 Å². The van der Waals surface area contributed by atoms with Gasteiger partial charge in [0, 0.05) is 17.4 Å². The Morgan fingerprint density at radius 1 is 0.704 bits per heavy atom. The van der Waals surface area contributed by atoms with Crippen molar-refractivity contribution in [2.24, 2.45) is 0 Å². The molecular formula is C21H18N2O4. The van der Waals surface area contributed by atoms with Gasteiger partial charge in [0.05, 0.1) is 11.1 Å². The molecular weight excluding hydrogens is 344 g/mol. The maximum absolute atomic E-state index is 12.3. The van der Waals surface area contributed by atoms with E-state index in [2.05, 4.69) is 0 Å². The van der Waals surface area contributed by atoms with Crippen molar-refractivity contribution in [3.8, 4) is 11.5 Å². The average molecular weight is 362 g/mol. The maximum atomic E-state index is 12.3. The van der Waals surface area contributed by atoms with E-state index >= 15 is 0 Å². The van der Waals surface area contributed by atoms with Crippen molar-refractivity contribution < 1.29 is 19.1 Å². The molecule has 0 amide bonds. The maximum Gasteiger partial charge on any atom is 0.343 e. The van der Waals surface area contributed by atoms with Crippen LogP contribution in [0.1, 0.15) is 26.3 Å². The Labute approximate surface area is 156 Å². The van der Waals surface area contributed by atoms with Crippen LogP contribution in [0.15, 0.2) is 66.7 Å². The Kier molecular flexibility index (Phi) is 5.08. The SMILES string of the molecule is Cc1cc(OC(=O)c2cccc(N)c2)cc(OC(=O)c2cccc(N)c2)c1. The highest BCUT2D eigenvalue weighted by molar-refractivity contribution is 5.93. The van der Waals surface area contributed by atoms with Gasteiger partial charge in [0.25, 0.3) is 0 Å². The van der Waals surface area contributed by atoms with Crippen molar-refractivity contribution in [1.82, 2.24) is 0 Å². The van der Waals surface area contributed by atoms with Gasteiger partial charge in [-0.2, -0.15) is 0 Å². The number of anilines is 2. The molecule has 6 heteroatoms. The topological polar surface area (TPSA) is 105 Å². The zero-order chi connectivity index (χ0) is 19.4. The predicted octanol–water partition coefficient (Wildman–Crippen LogP) is 3.60. The van der Waals surface area contributed by atoms with E-state index in [1.54, 1.807) is 55.5 Å². The van der Waals surface area contributed by atoms with Crippen molar-refractivity contribution in [2.45, 2.75) is 6.92 Å². The van der Waals surface area contributed by atoms with Gasteiger partial charge in [0.2, 0.25) is 0 Å². The first-order valence-electron chi connectivity index (χ1n) is 8.18. The number of rotatable bonds is 4. The summed E-state index contributed by atoms with van der Waals surface area (Å²) in [7, 11) is 0. The van der Waals surface area contributed by atoms with E-state index in [0.717, 1.165) is 5.56 Å². The zero-order valence-electron chi connectivity index (χ0n) is 14.6. The first kappa shape index (κ1) is 18.0. The van der Waals surface area contributed by atoms with E-state index in [0.29, 0.717) is 22.5 Å². The van der Waals surface area contributed by atoms with Crippen LogP contribution in [0, 0.1) is 6.92 Å². The molecule has 136 valence electrons. The number of hydrogen-bond donors (Lipinski definition) is 2. The number of hydrogen-bond acceptors (Lipinski definition) is 6. The molecule has 6 nitrogen and oxygen atoms in total. The molecule has 3 aromatic rings. The van der Waals surface area contributed by atoms with E-state index in [9.17, 15) is 9.59 Å². The van der Waals surface area contributed by atoms with Gasteiger partial charge in [-0.25, -0.2) is 9.59 Å². The highest BCUT2D eigenvalue weighted by Crippen LogP contribution is 2.24. The molecule has 0 saturated heterocycles. The van der Waals surface area contributed by atoms with Gasteiger partial charge in [0.1, 0.15) is 11.5 Å². The first-order valence-corrected chi connectivity index (χ1v) is 8.18. The standard InChI is InChI=1S/C21H18N2O4/c1-13-8-18(26-20(24)14-4-2-6-16(22)10-14)12-19(9-13)27-21(25)15-5-3-7-17(23)11-15/h2-12H,22-23H2,1H3. The minimum atomic E-state index is -0.555. The molecule has 4 N–H and O–H groups in total. The Hall–Kier alpha value is -3.80. The van der Waals surface area contributed by atoms with Crippen molar-refractivity contribution in [2.75, 3.05) is 11.5 Å². The normalized spacial score (nSPS) is 10.3.